The van der Waals surface area contributed by atoms with E-state index >= 15 is 0 Å². The van der Waals surface area contributed by atoms with Crippen LogP contribution >= 0.6 is 0 Å². The molecule has 0 spiro atoms. The lowest BCUT2D eigenvalue weighted by Crippen LogP contribution is -2.49. The maximum atomic E-state index is 13.0. The van der Waals surface area contributed by atoms with Gasteiger partial charge < -0.3 is 15.0 Å². The van der Waals surface area contributed by atoms with E-state index in [4.69, 9.17) is 4.74 Å². The largest absolute Gasteiger partial charge is 0.493 e. The van der Waals surface area contributed by atoms with Gasteiger partial charge in [-0.05, 0) is 68.6 Å². The summed E-state index contributed by atoms with van der Waals surface area (Å²) in [5.41, 5.74) is 1.27. The molecule has 0 atom stereocenters. The fourth-order valence-corrected chi connectivity index (χ4v) is 4.66. The van der Waals surface area contributed by atoms with Crippen LogP contribution in [0.3, 0.4) is 0 Å². The third-order valence-electron chi connectivity index (χ3n) is 6.61. The highest BCUT2D eigenvalue weighted by Crippen LogP contribution is 2.23. The number of benzene rings is 1. The first kappa shape index (κ1) is 23.2. The second kappa shape index (κ2) is 11.8. The van der Waals surface area contributed by atoms with Gasteiger partial charge in [-0.15, -0.1) is 0 Å². The molecular weight excluding hydrogens is 416 g/mol. The maximum Gasteiger partial charge on any atom is 0.225 e. The number of hydrogen-bond acceptors (Lipinski definition) is 5. The van der Waals surface area contributed by atoms with Crippen molar-refractivity contribution in [2.75, 3.05) is 32.8 Å². The molecule has 2 fully saturated rings. The number of nitrogens with zero attached hydrogens (tertiary/aromatic N) is 3. The number of ether oxygens (including phenoxy) is 1. The molecule has 2 aliphatic heterocycles. The molecule has 7 heteroatoms. The molecule has 0 aliphatic carbocycles. The molecule has 0 bridgehead atoms. The van der Waals surface area contributed by atoms with E-state index in [1.54, 1.807) is 0 Å². The van der Waals surface area contributed by atoms with Gasteiger partial charge in [-0.1, -0.05) is 18.2 Å². The molecule has 33 heavy (non-hydrogen) atoms. The first-order chi connectivity index (χ1) is 16.2. The van der Waals surface area contributed by atoms with Crippen LogP contribution in [0.1, 0.15) is 37.7 Å². The highest BCUT2D eigenvalue weighted by Gasteiger charge is 2.31. The minimum absolute atomic E-state index is 0.0114. The van der Waals surface area contributed by atoms with E-state index in [9.17, 15) is 9.59 Å². The minimum atomic E-state index is 0.0114. The summed E-state index contributed by atoms with van der Waals surface area (Å²) in [7, 11) is 0. The van der Waals surface area contributed by atoms with Crippen molar-refractivity contribution in [1.29, 1.82) is 0 Å². The van der Waals surface area contributed by atoms with Gasteiger partial charge in [0, 0.05) is 44.0 Å². The van der Waals surface area contributed by atoms with Gasteiger partial charge in [0.05, 0.1) is 13.0 Å². The zero-order valence-corrected chi connectivity index (χ0v) is 19.2. The molecule has 2 aliphatic rings. The van der Waals surface area contributed by atoms with Gasteiger partial charge in [-0.3, -0.25) is 19.5 Å². The molecule has 176 valence electrons. The lowest BCUT2D eigenvalue weighted by atomic mass is 9.93. The Hall–Kier alpha value is -2.93. The van der Waals surface area contributed by atoms with Crippen LogP contribution in [0.4, 0.5) is 0 Å². The van der Waals surface area contributed by atoms with Crippen molar-refractivity contribution in [3.63, 3.8) is 0 Å². The zero-order chi connectivity index (χ0) is 22.9. The Kier molecular flexibility index (Phi) is 8.30. The minimum Gasteiger partial charge on any atom is -0.493 e. The molecule has 0 radical (unpaired) electrons. The van der Waals surface area contributed by atoms with Crippen LogP contribution < -0.4 is 10.1 Å². The number of likely N-dealkylation sites (tertiary alicyclic amines) is 2. The molecule has 0 unspecified atom stereocenters. The van der Waals surface area contributed by atoms with Gasteiger partial charge in [0.15, 0.2) is 0 Å². The number of aromatic nitrogens is 1. The zero-order valence-electron chi connectivity index (χ0n) is 19.2. The molecule has 2 aromatic rings. The number of rotatable bonds is 8. The van der Waals surface area contributed by atoms with Crippen LogP contribution in [-0.4, -0.2) is 65.4 Å². The molecule has 3 heterocycles. The predicted octanol–water partition coefficient (Wildman–Crippen LogP) is 2.87. The molecule has 2 saturated heterocycles. The van der Waals surface area contributed by atoms with E-state index in [2.05, 4.69) is 27.3 Å². The summed E-state index contributed by atoms with van der Waals surface area (Å²) < 4.78 is 5.60. The predicted molar refractivity (Wildman–Crippen MR) is 127 cm³/mol. The Morgan fingerprint density at radius 1 is 0.939 bits per heavy atom. The number of piperidine rings is 2. The number of amides is 2. The van der Waals surface area contributed by atoms with Crippen molar-refractivity contribution in [1.82, 2.24) is 20.1 Å². The van der Waals surface area contributed by atoms with E-state index in [1.807, 2.05) is 47.6 Å². The fraction of sp³-hybridized carbons (Fsp3) is 0.500. The molecular formula is C26H34N4O3. The number of carbonyl (C=O) groups excluding carboxylic acids is 2. The molecule has 1 aromatic heterocycles. The number of hydrogen-bond donors (Lipinski definition) is 1. The second-order valence-corrected chi connectivity index (χ2v) is 8.98. The van der Waals surface area contributed by atoms with Gasteiger partial charge in [-0.2, -0.15) is 0 Å². The Morgan fingerprint density at radius 2 is 1.64 bits per heavy atom. The quantitative estimate of drug-likeness (QED) is 0.669. The Labute approximate surface area is 196 Å². The van der Waals surface area contributed by atoms with Crippen molar-refractivity contribution in [3.8, 4) is 5.75 Å². The molecule has 2 amide bonds. The first-order valence-electron chi connectivity index (χ1n) is 12.0. The molecule has 1 N–H and O–H groups in total. The number of para-hydroxylation sites is 1. The number of nitrogens with one attached hydrogen (secondary N) is 1. The van der Waals surface area contributed by atoms with Gasteiger partial charge in [0.1, 0.15) is 5.75 Å². The number of pyridine rings is 1. The molecule has 4 rings (SSSR count). The van der Waals surface area contributed by atoms with E-state index in [0.29, 0.717) is 18.9 Å². The lowest BCUT2D eigenvalue weighted by Gasteiger charge is -2.37. The highest BCUT2D eigenvalue weighted by molar-refractivity contribution is 5.79. The van der Waals surface area contributed by atoms with Crippen molar-refractivity contribution < 1.29 is 14.3 Å². The standard InChI is InChI=1S/C26H34N4O3/c31-25(12-19-33-24-4-2-1-3-5-24)28-23-10-17-30(18-11-23)26(32)22-8-15-29(16-9-22)20-21-6-13-27-14-7-21/h1-7,13-14,22-23H,8-12,15-20H2,(H,28,31). The smallest absolute Gasteiger partial charge is 0.225 e. The maximum absolute atomic E-state index is 13.0. The first-order valence-corrected chi connectivity index (χ1v) is 12.0. The SMILES string of the molecule is O=C(CCOc1ccccc1)NC1CCN(C(=O)C2CCN(Cc3ccncc3)CC2)CC1. The van der Waals surface area contributed by atoms with Crippen LogP contribution in [0.25, 0.3) is 0 Å². The van der Waals surface area contributed by atoms with Gasteiger partial charge in [0.2, 0.25) is 11.8 Å². The second-order valence-electron chi connectivity index (χ2n) is 8.98. The van der Waals surface area contributed by atoms with Crippen molar-refractivity contribution in [2.45, 2.75) is 44.7 Å². The van der Waals surface area contributed by atoms with Gasteiger partial charge >= 0.3 is 0 Å². The Morgan fingerprint density at radius 3 is 2.33 bits per heavy atom. The van der Waals surface area contributed by atoms with Crippen LogP contribution in [0.2, 0.25) is 0 Å². The molecule has 1 aromatic carbocycles. The molecule has 7 nitrogen and oxygen atoms in total. The van der Waals surface area contributed by atoms with Crippen LogP contribution in [0.5, 0.6) is 5.75 Å². The number of carbonyl (C=O) groups is 2. The van der Waals surface area contributed by atoms with Gasteiger partial charge in [-0.25, -0.2) is 0 Å². The summed E-state index contributed by atoms with van der Waals surface area (Å²) in [6.45, 7) is 4.65. The fourth-order valence-electron chi connectivity index (χ4n) is 4.66. The van der Waals surface area contributed by atoms with Crippen molar-refractivity contribution in [2.24, 2.45) is 5.92 Å². The Balaban J connectivity index is 1.12. The van der Waals surface area contributed by atoms with Crippen molar-refractivity contribution in [3.05, 3.63) is 60.4 Å². The van der Waals surface area contributed by atoms with Crippen LogP contribution in [0, 0.1) is 5.92 Å². The third-order valence-corrected chi connectivity index (χ3v) is 6.61. The average Bonchev–Trinajstić information content (AvgIpc) is 2.86. The Bertz CT molecular complexity index is 877. The van der Waals surface area contributed by atoms with E-state index in [-0.39, 0.29) is 17.9 Å². The summed E-state index contributed by atoms with van der Waals surface area (Å²) in [4.78, 5) is 33.8. The summed E-state index contributed by atoms with van der Waals surface area (Å²) >= 11 is 0. The summed E-state index contributed by atoms with van der Waals surface area (Å²) in [5.74, 6) is 1.21. The van der Waals surface area contributed by atoms with Crippen LogP contribution in [0.15, 0.2) is 54.9 Å². The van der Waals surface area contributed by atoms with E-state index in [0.717, 1.165) is 64.2 Å². The van der Waals surface area contributed by atoms with E-state index in [1.165, 1.54) is 5.56 Å². The van der Waals surface area contributed by atoms with Gasteiger partial charge in [0.25, 0.3) is 0 Å². The monoisotopic (exact) mass is 450 g/mol. The van der Waals surface area contributed by atoms with Crippen LogP contribution in [-0.2, 0) is 16.1 Å². The normalized spacial score (nSPS) is 18.1. The van der Waals surface area contributed by atoms with Crippen molar-refractivity contribution >= 4 is 11.8 Å². The topological polar surface area (TPSA) is 74.8 Å². The van der Waals surface area contributed by atoms with E-state index < -0.39 is 0 Å². The molecule has 0 saturated carbocycles. The lowest BCUT2D eigenvalue weighted by molar-refractivity contribution is -0.138. The average molecular weight is 451 g/mol. The summed E-state index contributed by atoms with van der Waals surface area (Å²) in [6.07, 6.45) is 7.47. The summed E-state index contributed by atoms with van der Waals surface area (Å²) in [6, 6.07) is 13.8. The third kappa shape index (κ3) is 7.02. The summed E-state index contributed by atoms with van der Waals surface area (Å²) in [5, 5.41) is 3.11. The highest BCUT2D eigenvalue weighted by atomic mass is 16.5.